The number of aryl methyl sites for hydroxylation is 2. The smallest absolute Gasteiger partial charge is 0.327 e. The van der Waals surface area contributed by atoms with Crippen molar-refractivity contribution in [2.45, 2.75) is 49.8 Å². The molecule has 2 aromatic heterocycles. The van der Waals surface area contributed by atoms with Gasteiger partial charge in [0.15, 0.2) is 11.0 Å². The quantitative estimate of drug-likeness (QED) is 0.357. The zero-order chi connectivity index (χ0) is 16.4. The summed E-state index contributed by atoms with van der Waals surface area (Å²) in [6, 6.07) is 0. The fourth-order valence-corrected chi connectivity index (χ4v) is 5.07. The van der Waals surface area contributed by atoms with Gasteiger partial charge in [0, 0.05) is 10.3 Å². The van der Waals surface area contributed by atoms with E-state index >= 15 is 0 Å². The average molecular weight is 350 g/mol. The van der Waals surface area contributed by atoms with Gasteiger partial charge in [-0.05, 0) is 45.1 Å². The van der Waals surface area contributed by atoms with Crippen molar-refractivity contribution in [3.63, 3.8) is 0 Å². The Morgan fingerprint density at radius 2 is 2.13 bits per heavy atom. The second-order valence-corrected chi connectivity index (χ2v) is 7.61. The van der Waals surface area contributed by atoms with Crippen molar-refractivity contribution < 1.29 is 14.3 Å². The Balaban J connectivity index is 2.00. The first kappa shape index (κ1) is 16.4. The first-order valence-corrected chi connectivity index (χ1v) is 9.40. The summed E-state index contributed by atoms with van der Waals surface area (Å²) in [5.74, 6) is -0.717. The number of hydrogen-bond donors (Lipinski definition) is 0. The Morgan fingerprint density at radius 3 is 2.87 bits per heavy atom. The molecule has 7 heteroatoms. The number of thiophene rings is 1. The van der Waals surface area contributed by atoms with Gasteiger partial charge in [-0.25, -0.2) is 9.97 Å². The highest BCUT2D eigenvalue weighted by molar-refractivity contribution is 8.01. The van der Waals surface area contributed by atoms with E-state index in [1.165, 1.54) is 41.9 Å². The summed E-state index contributed by atoms with van der Waals surface area (Å²) in [7, 11) is 0. The van der Waals surface area contributed by atoms with Crippen molar-refractivity contribution >= 4 is 45.1 Å². The second kappa shape index (κ2) is 6.97. The van der Waals surface area contributed by atoms with Gasteiger partial charge in [-0.2, -0.15) is 0 Å². The number of thioether (sulfide) groups is 1. The van der Waals surface area contributed by atoms with Crippen molar-refractivity contribution in [3.8, 4) is 0 Å². The van der Waals surface area contributed by atoms with E-state index in [0.717, 1.165) is 29.5 Å². The topological polar surface area (TPSA) is 69.2 Å². The number of hydrogen-bond acceptors (Lipinski definition) is 7. The summed E-state index contributed by atoms with van der Waals surface area (Å²) in [6.45, 7) is 3.41. The molecule has 0 radical (unpaired) electrons. The molecule has 0 N–H and O–H groups in total. The number of fused-ring (bicyclic) bond motifs is 3. The number of carbonyl (C=O) groups excluding carboxylic acids is 2. The lowest BCUT2D eigenvalue weighted by Gasteiger charge is -2.14. The number of ketones is 1. The SMILES string of the molecule is CCOC(=O)[C@@H](Sc1ncnc2sc3c(c12)CCCC3)C(C)=O. The summed E-state index contributed by atoms with van der Waals surface area (Å²) < 4.78 is 5.02. The van der Waals surface area contributed by atoms with Gasteiger partial charge < -0.3 is 4.74 Å². The lowest BCUT2D eigenvalue weighted by atomic mass is 9.97. The van der Waals surface area contributed by atoms with E-state index in [2.05, 4.69) is 9.97 Å². The van der Waals surface area contributed by atoms with E-state index in [0.29, 0.717) is 5.03 Å². The maximum absolute atomic E-state index is 12.0. The summed E-state index contributed by atoms with van der Waals surface area (Å²) in [5, 5.41) is 0.864. The van der Waals surface area contributed by atoms with Crippen LogP contribution in [0.1, 0.15) is 37.1 Å². The minimum Gasteiger partial charge on any atom is -0.465 e. The number of esters is 1. The highest BCUT2D eigenvalue weighted by Crippen LogP contribution is 2.40. The van der Waals surface area contributed by atoms with E-state index in [-0.39, 0.29) is 12.4 Å². The summed E-state index contributed by atoms with van der Waals surface area (Å²) >= 11 is 2.89. The van der Waals surface area contributed by atoms with Crippen LogP contribution in [0.5, 0.6) is 0 Å². The van der Waals surface area contributed by atoms with E-state index in [1.54, 1.807) is 18.3 Å². The molecule has 1 atom stereocenters. The standard InChI is InChI=1S/C16H18N2O3S2/c1-3-21-16(20)13(9(2)19)23-15-12-10-6-4-5-7-11(10)22-14(12)17-8-18-15/h8,13H,3-7H2,1-2H3/t13-/m0/s1. The number of Topliss-reactive ketones (excluding diaryl/α,β-unsaturated/α-hetero) is 1. The molecule has 0 saturated carbocycles. The van der Waals surface area contributed by atoms with E-state index in [9.17, 15) is 9.59 Å². The molecule has 122 valence electrons. The van der Waals surface area contributed by atoms with Crippen LogP contribution in [0, 0.1) is 0 Å². The molecule has 5 nitrogen and oxygen atoms in total. The minimum atomic E-state index is -0.868. The Kier molecular flexibility index (Phi) is 4.96. The molecule has 0 saturated heterocycles. The molecule has 1 aliphatic rings. The molecule has 0 bridgehead atoms. The zero-order valence-corrected chi connectivity index (χ0v) is 14.8. The van der Waals surface area contributed by atoms with E-state index < -0.39 is 11.2 Å². The van der Waals surface area contributed by atoms with Gasteiger partial charge >= 0.3 is 5.97 Å². The van der Waals surface area contributed by atoms with Crippen molar-refractivity contribution in [3.05, 3.63) is 16.8 Å². The van der Waals surface area contributed by atoms with Crippen LogP contribution in [-0.4, -0.2) is 33.6 Å². The predicted octanol–water partition coefficient (Wildman–Crippen LogP) is 3.18. The molecule has 0 fully saturated rings. The van der Waals surface area contributed by atoms with Crippen LogP contribution in [-0.2, 0) is 27.2 Å². The molecule has 0 amide bonds. The molecule has 0 unspecified atom stereocenters. The number of nitrogens with zero attached hydrogens (tertiary/aromatic N) is 2. The third-order valence-corrected chi connectivity index (χ3v) is 6.31. The van der Waals surface area contributed by atoms with Gasteiger partial charge in [0.2, 0.25) is 0 Å². The Hall–Kier alpha value is -1.47. The molecular formula is C16H18N2O3S2. The van der Waals surface area contributed by atoms with Gasteiger partial charge in [0.1, 0.15) is 16.2 Å². The lowest BCUT2D eigenvalue weighted by molar-refractivity contribution is -0.144. The van der Waals surface area contributed by atoms with Gasteiger partial charge in [-0.1, -0.05) is 11.8 Å². The van der Waals surface area contributed by atoms with Crippen LogP contribution >= 0.6 is 23.1 Å². The van der Waals surface area contributed by atoms with Crippen LogP contribution in [0.3, 0.4) is 0 Å². The summed E-state index contributed by atoms with van der Waals surface area (Å²) in [5.41, 5.74) is 1.30. The monoisotopic (exact) mass is 350 g/mol. The molecule has 0 aromatic carbocycles. The van der Waals surface area contributed by atoms with Gasteiger partial charge in [0.05, 0.1) is 6.61 Å². The number of rotatable bonds is 5. The van der Waals surface area contributed by atoms with Crippen LogP contribution < -0.4 is 0 Å². The first-order chi connectivity index (χ1) is 11.1. The third kappa shape index (κ3) is 3.26. The number of ether oxygens (including phenoxy) is 1. The molecule has 3 rings (SSSR count). The summed E-state index contributed by atoms with van der Waals surface area (Å²) in [6.07, 6.45) is 5.96. The normalized spacial score (nSPS) is 15.2. The van der Waals surface area contributed by atoms with E-state index in [4.69, 9.17) is 4.74 Å². The fraction of sp³-hybridized carbons (Fsp3) is 0.500. The minimum absolute atomic E-state index is 0.218. The third-order valence-electron chi connectivity index (χ3n) is 3.82. The highest BCUT2D eigenvalue weighted by Gasteiger charge is 2.29. The molecule has 1 aliphatic carbocycles. The lowest BCUT2D eigenvalue weighted by Crippen LogP contribution is -2.27. The first-order valence-electron chi connectivity index (χ1n) is 7.70. The van der Waals surface area contributed by atoms with Crippen LogP contribution in [0.15, 0.2) is 11.4 Å². The average Bonchev–Trinajstić information content (AvgIpc) is 2.91. The zero-order valence-electron chi connectivity index (χ0n) is 13.1. The second-order valence-electron chi connectivity index (χ2n) is 5.43. The van der Waals surface area contributed by atoms with Crippen molar-refractivity contribution in [2.24, 2.45) is 0 Å². The van der Waals surface area contributed by atoms with Gasteiger partial charge in [-0.3, -0.25) is 9.59 Å². The highest BCUT2D eigenvalue weighted by atomic mass is 32.2. The number of carbonyl (C=O) groups is 2. The summed E-state index contributed by atoms with van der Waals surface area (Å²) in [4.78, 5) is 34.9. The molecule has 2 heterocycles. The van der Waals surface area contributed by atoms with Crippen LogP contribution in [0.2, 0.25) is 0 Å². The Labute approximate surface area is 142 Å². The Morgan fingerprint density at radius 1 is 1.35 bits per heavy atom. The maximum Gasteiger partial charge on any atom is 0.327 e. The maximum atomic E-state index is 12.0. The van der Waals surface area contributed by atoms with Crippen molar-refractivity contribution in [2.75, 3.05) is 6.61 Å². The molecule has 0 aliphatic heterocycles. The molecule has 0 spiro atoms. The van der Waals surface area contributed by atoms with E-state index in [1.807, 2.05) is 0 Å². The molecular weight excluding hydrogens is 332 g/mol. The largest absolute Gasteiger partial charge is 0.465 e. The fourth-order valence-electron chi connectivity index (χ4n) is 2.78. The van der Waals surface area contributed by atoms with Gasteiger partial charge in [0.25, 0.3) is 0 Å². The van der Waals surface area contributed by atoms with Crippen molar-refractivity contribution in [1.29, 1.82) is 0 Å². The molecule has 23 heavy (non-hydrogen) atoms. The Bertz CT molecular complexity index is 757. The predicted molar refractivity (Wildman–Crippen MR) is 91.0 cm³/mol. The van der Waals surface area contributed by atoms with Gasteiger partial charge in [-0.15, -0.1) is 11.3 Å². The number of aromatic nitrogens is 2. The van der Waals surface area contributed by atoms with Crippen molar-refractivity contribution in [1.82, 2.24) is 9.97 Å². The molecule has 2 aromatic rings. The van der Waals surface area contributed by atoms with Crippen LogP contribution in [0.4, 0.5) is 0 Å². The van der Waals surface area contributed by atoms with Crippen LogP contribution in [0.25, 0.3) is 10.2 Å².